The van der Waals surface area contributed by atoms with E-state index in [-0.39, 0.29) is 5.60 Å². The van der Waals surface area contributed by atoms with Crippen LogP contribution in [0.3, 0.4) is 0 Å². The van der Waals surface area contributed by atoms with Gasteiger partial charge in [0.05, 0.1) is 5.60 Å². The molecule has 0 aromatic carbocycles. The molecule has 1 heterocycles. The summed E-state index contributed by atoms with van der Waals surface area (Å²) >= 11 is 0. The second-order valence-electron chi connectivity index (χ2n) is 4.95. The fourth-order valence-corrected chi connectivity index (χ4v) is 2.57. The smallest absolute Gasteiger partial charge is 0.0806 e. The average Bonchev–Trinajstić information content (AvgIpc) is 2.29. The molecule has 1 aliphatic heterocycles. The van der Waals surface area contributed by atoms with Crippen molar-refractivity contribution in [3.63, 3.8) is 0 Å². The standard InChI is InChI=1S/C14H27NO/c1-4-6-7-10-13(15-5-2)14(3)11-8-9-12-16-14/h4,13,15H,1,5-12H2,2-3H3. The summed E-state index contributed by atoms with van der Waals surface area (Å²) in [6, 6.07) is 0.498. The number of hydrogen-bond donors (Lipinski definition) is 1. The van der Waals surface area contributed by atoms with Crippen molar-refractivity contribution < 1.29 is 4.74 Å². The molecule has 1 saturated heterocycles. The third kappa shape index (κ3) is 3.91. The fourth-order valence-electron chi connectivity index (χ4n) is 2.57. The van der Waals surface area contributed by atoms with E-state index in [2.05, 4.69) is 25.7 Å². The predicted octanol–water partition coefficient (Wildman–Crippen LogP) is 3.28. The number of likely N-dealkylation sites (N-methyl/N-ethyl adjacent to an activating group) is 1. The minimum absolute atomic E-state index is 0.0510. The molecule has 0 aromatic rings. The van der Waals surface area contributed by atoms with Crippen LogP contribution in [0.2, 0.25) is 0 Å². The molecule has 2 atom stereocenters. The van der Waals surface area contributed by atoms with Gasteiger partial charge in [0.15, 0.2) is 0 Å². The predicted molar refractivity (Wildman–Crippen MR) is 69.7 cm³/mol. The third-order valence-corrected chi connectivity index (χ3v) is 3.59. The molecular formula is C14H27NO. The van der Waals surface area contributed by atoms with E-state index in [1.807, 2.05) is 6.08 Å². The summed E-state index contributed by atoms with van der Waals surface area (Å²) in [6.07, 6.45) is 9.24. The van der Waals surface area contributed by atoms with E-state index in [0.717, 1.165) is 19.6 Å². The Morgan fingerprint density at radius 1 is 1.50 bits per heavy atom. The largest absolute Gasteiger partial charge is 0.374 e. The Balaban J connectivity index is 2.48. The lowest BCUT2D eigenvalue weighted by molar-refractivity contribution is -0.0900. The van der Waals surface area contributed by atoms with Gasteiger partial charge in [-0.1, -0.05) is 13.0 Å². The van der Waals surface area contributed by atoms with Gasteiger partial charge < -0.3 is 10.1 Å². The van der Waals surface area contributed by atoms with Gasteiger partial charge in [0.2, 0.25) is 0 Å². The fraction of sp³-hybridized carbons (Fsp3) is 0.857. The van der Waals surface area contributed by atoms with E-state index in [1.54, 1.807) is 0 Å². The molecule has 0 aliphatic carbocycles. The van der Waals surface area contributed by atoms with Crippen LogP contribution in [0.25, 0.3) is 0 Å². The molecule has 0 saturated carbocycles. The third-order valence-electron chi connectivity index (χ3n) is 3.59. The van der Waals surface area contributed by atoms with Crippen LogP contribution in [0, 0.1) is 0 Å². The van der Waals surface area contributed by atoms with Gasteiger partial charge in [0.25, 0.3) is 0 Å². The maximum Gasteiger partial charge on any atom is 0.0806 e. The van der Waals surface area contributed by atoms with Crippen LogP contribution in [0.15, 0.2) is 12.7 Å². The van der Waals surface area contributed by atoms with Crippen LogP contribution in [0.5, 0.6) is 0 Å². The highest BCUT2D eigenvalue weighted by atomic mass is 16.5. The number of hydrogen-bond acceptors (Lipinski definition) is 2. The Bertz CT molecular complexity index is 197. The Morgan fingerprint density at radius 3 is 2.88 bits per heavy atom. The second-order valence-corrected chi connectivity index (χ2v) is 4.95. The minimum atomic E-state index is 0.0510. The monoisotopic (exact) mass is 225 g/mol. The molecule has 2 unspecified atom stereocenters. The molecule has 0 amide bonds. The second kappa shape index (κ2) is 7.08. The maximum absolute atomic E-state index is 6.02. The van der Waals surface area contributed by atoms with Gasteiger partial charge in [-0.2, -0.15) is 0 Å². The average molecular weight is 225 g/mol. The highest BCUT2D eigenvalue weighted by Gasteiger charge is 2.35. The van der Waals surface area contributed by atoms with Crippen LogP contribution in [0.1, 0.15) is 52.4 Å². The van der Waals surface area contributed by atoms with Crippen LogP contribution in [0.4, 0.5) is 0 Å². The van der Waals surface area contributed by atoms with E-state index in [1.165, 1.54) is 32.1 Å². The van der Waals surface area contributed by atoms with Gasteiger partial charge in [-0.15, -0.1) is 6.58 Å². The maximum atomic E-state index is 6.02. The van der Waals surface area contributed by atoms with Gasteiger partial charge in [-0.25, -0.2) is 0 Å². The van der Waals surface area contributed by atoms with Crippen molar-refractivity contribution >= 4 is 0 Å². The summed E-state index contributed by atoms with van der Waals surface area (Å²) in [5.74, 6) is 0. The van der Waals surface area contributed by atoms with Crippen molar-refractivity contribution in [2.45, 2.75) is 64.0 Å². The quantitative estimate of drug-likeness (QED) is 0.530. The summed E-state index contributed by atoms with van der Waals surface area (Å²) in [5.41, 5.74) is 0.0510. The Labute approximate surface area is 100 Å². The number of rotatable bonds is 7. The molecule has 16 heavy (non-hydrogen) atoms. The summed E-state index contributed by atoms with van der Waals surface area (Å²) in [5, 5.41) is 3.59. The molecule has 2 nitrogen and oxygen atoms in total. The Hall–Kier alpha value is -0.340. The molecule has 2 heteroatoms. The topological polar surface area (TPSA) is 21.3 Å². The lowest BCUT2D eigenvalue weighted by atomic mass is 9.85. The first-order valence-corrected chi connectivity index (χ1v) is 6.71. The summed E-state index contributed by atoms with van der Waals surface area (Å²) < 4.78 is 6.02. The molecule has 1 rings (SSSR count). The highest BCUT2D eigenvalue weighted by molar-refractivity contribution is 4.91. The van der Waals surface area contributed by atoms with Crippen molar-refractivity contribution in [3.8, 4) is 0 Å². The lowest BCUT2D eigenvalue weighted by Crippen LogP contribution is -2.52. The summed E-state index contributed by atoms with van der Waals surface area (Å²) in [7, 11) is 0. The number of nitrogens with one attached hydrogen (secondary N) is 1. The van der Waals surface area contributed by atoms with E-state index in [4.69, 9.17) is 4.74 Å². The van der Waals surface area contributed by atoms with E-state index < -0.39 is 0 Å². The first-order chi connectivity index (χ1) is 7.73. The molecular weight excluding hydrogens is 198 g/mol. The first kappa shape index (κ1) is 13.7. The molecule has 94 valence electrons. The zero-order valence-corrected chi connectivity index (χ0v) is 10.9. The summed E-state index contributed by atoms with van der Waals surface area (Å²) in [6.45, 7) is 10.2. The van der Waals surface area contributed by atoms with Gasteiger partial charge in [0.1, 0.15) is 0 Å². The SMILES string of the molecule is C=CCCCC(NCC)C1(C)CCCCO1. The van der Waals surface area contributed by atoms with Crippen LogP contribution >= 0.6 is 0 Å². The molecule has 0 radical (unpaired) electrons. The van der Waals surface area contributed by atoms with Crippen molar-refractivity contribution in [1.82, 2.24) is 5.32 Å². The van der Waals surface area contributed by atoms with Crippen molar-refractivity contribution in [2.24, 2.45) is 0 Å². The van der Waals surface area contributed by atoms with Crippen LogP contribution in [-0.4, -0.2) is 24.8 Å². The van der Waals surface area contributed by atoms with E-state index in [9.17, 15) is 0 Å². The van der Waals surface area contributed by atoms with Gasteiger partial charge in [-0.05, 0) is 52.0 Å². The molecule has 0 aromatic heterocycles. The molecule has 0 bridgehead atoms. The van der Waals surface area contributed by atoms with Crippen molar-refractivity contribution in [3.05, 3.63) is 12.7 Å². The number of unbranched alkanes of at least 4 members (excludes halogenated alkanes) is 1. The van der Waals surface area contributed by atoms with Crippen molar-refractivity contribution in [1.29, 1.82) is 0 Å². The Kier molecular flexibility index (Phi) is 6.07. The van der Waals surface area contributed by atoms with Crippen molar-refractivity contribution in [2.75, 3.05) is 13.2 Å². The molecule has 1 N–H and O–H groups in total. The van der Waals surface area contributed by atoms with Gasteiger partial charge in [-0.3, -0.25) is 0 Å². The number of allylic oxidation sites excluding steroid dienone is 1. The first-order valence-electron chi connectivity index (χ1n) is 6.71. The van der Waals surface area contributed by atoms with Crippen LogP contribution in [-0.2, 0) is 4.74 Å². The normalized spacial score (nSPS) is 27.6. The zero-order valence-electron chi connectivity index (χ0n) is 10.9. The van der Waals surface area contributed by atoms with Gasteiger partial charge >= 0.3 is 0 Å². The molecule has 0 spiro atoms. The molecule has 1 fully saturated rings. The highest BCUT2D eigenvalue weighted by Crippen LogP contribution is 2.30. The minimum Gasteiger partial charge on any atom is -0.374 e. The van der Waals surface area contributed by atoms with Crippen LogP contribution < -0.4 is 5.32 Å². The van der Waals surface area contributed by atoms with E-state index in [0.29, 0.717) is 6.04 Å². The summed E-state index contributed by atoms with van der Waals surface area (Å²) in [4.78, 5) is 0. The lowest BCUT2D eigenvalue weighted by Gasteiger charge is -2.41. The van der Waals surface area contributed by atoms with E-state index >= 15 is 0 Å². The van der Waals surface area contributed by atoms with Gasteiger partial charge in [0, 0.05) is 12.6 Å². The zero-order chi connectivity index (χ0) is 11.9. The Morgan fingerprint density at radius 2 is 2.31 bits per heavy atom. The molecule has 1 aliphatic rings. The number of ether oxygens (including phenoxy) is 1.